The highest BCUT2D eigenvalue weighted by molar-refractivity contribution is 5.98. The Morgan fingerprint density at radius 1 is 0.640 bits per heavy atom. The van der Waals surface area contributed by atoms with Gasteiger partial charge in [-0.2, -0.15) is 0 Å². The van der Waals surface area contributed by atoms with Gasteiger partial charge in [0.25, 0.3) is 0 Å². The summed E-state index contributed by atoms with van der Waals surface area (Å²) in [5, 5.41) is 29.0. The molecule has 0 saturated heterocycles. The van der Waals surface area contributed by atoms with Crippen molar-refractivity contribution in [2.24, 2.45) is 0 Å². The number of phenols is 3. The molecule has 0 spiro atoms. The highest BCUT2D eigenvalue weighted by Crippen LogP contribution is 2.34. The van der Waals surface area contributed by atoms with Crippen molar-refractivity contribution in [3.8, 4) is 17.2 Å². The Morgan fingerprint density at radius 3 is 1.52 bits per heavy atom. The molecule has 0 aliphatic rings. The highest BCUT2D eigenvalue weighted by atomic mass is 16.3. The van der Waals surface area contributed by atoms with Gasteiger partial charge in [-0.05, 0) is 83.6 Å². The lowest BCUT2D eigenvalue weighted by atomic mass is 9.90. The zero-order valence-corrected chi connectivity index (χ0v) is 14.2. The Labute approximate surface area is 147 Å². The number of hydrogen-bond donors (Lipinski definition) is 3. The number of rotatable bonds is 3. The fourth-order valence-corrected chi connectivity index (χ4v) is 2.89. The van der Waals surface area contributed by atoms with Gasteiger partial charge in [0, 0.05) is 0 Å². The third-order valence-corrected chi connectivity index (χ3v) is 4.32. The molecule has 0 radical (unpaired) electrons. The lowest BCUT2D eigenvalue weighted by Crippen LogP contribution is -1.93. The maximum absolute atomic E-state index is 9.79. The topological polar surface area (TPSA) is 60.7 Å². The summed E-state index contributed by atoms with van der Waals surface area (Å²) < 4.78 is 0. The van der Waals surface area contributed by atoms with Crippen molar-refractivity contribution in [3.63, 3.8) is 0 Å². The van der Waals surface area contributed by atoms with E-state index in [2.05, 4.69) is 0 Å². The average molecular weight is 332 g/mol. The average Bonchev–Trinajstić information content (AvgIpc) is 2.61. The molecule has 3 nitrogen and oxygen atoms in total. The van der Waals surface area contributed by atoms with Gasteiger partial charge in [-0.1, -0.05) is 30.3 Å². The minimum Gasteiger partial charge on any atom is -0.508 e. The molecule has 0 aliphatic heterocycles. The summed E-state index contributed by atoms with van der Waals surface area (Å²) in [4.78, 5) is 0. The zero-order chi connectivity index (χ0) is 18.0. The minimum absolute atomic E-state index is 0.215. The summed E-state index contributed by atoms with van der Waals surface area (Å²) in [5.41, 5.74) is 5.79. The largest absolute Gasteiger partial charge is 0.508 e. The van der Waals surface area contributed by atoms with Crippen LogP contribution in [0.4, 0.5) is 0 Å². The number of aryl methyl sites for hydroxylation is 1. The van der Waals surface area contributed by atoms with Gasteiger partial charge in [-0.15, -0.1) is 0 Å². The molecule has 0 saturated carbocycles. The smallest absolute Gasteiger partial charge is 0.118 e. The van der Waals surface area contributed by atoms with E-state index in [1.165, 1.54) is 0 Å². The van der Waals surface area contributed by atoms with E-state index < -0.39 is 0 Å². The van der Waals surface area contributed by atoms with Crippen LogP contribution in [0.3, 0.4) is 0 Å². The van der Waals surface area contributed by atoms with E-state index in [4.69, 9.17) is 0 Å². The third kappa shape index (κ3) is 3.50. The molecule has 0 atom stereocenters. The Balaban J connectivity index is 2.23. The Kier molecular flexibility index (Phi) is 4.48. The molecule has 0 aromatic heterocycles. The van der Waals surface area contributed by atoms with E-state index in [1.807, 2.05) is 50.2 Å². The lowest BCUT2D eigenvalue weighted by molar-refractivity contribution is 0.471. The van der Waals surface area contributed by atoms with E-state index in [0.717, 1.165) is 33.4 Å². The summed E-state index contributed by atoms with van der Waals surface area (Å²) in [6.07, 6.45) is 0. The predicted octanol–water partition coefficient (Wildman–Crippen LogP) is 5.09. The molecule has 0 aliphatic carbocycles. The number of phenolic OH excluding ortho intramolecular Hbond substituents is 3. The monoisotopic (exact) mass is 332 g/mol. The normalized spacial score (nSPS) is 10.5. The van der Waals surface area contributed by atoms with Crippen LogP contribution in [0.2, 0.25) is 0 Å². The SMILES string of the molecule is CC(=C(c1ccc(O)cc1)c1ccc(O)cc1)c1ccc(O)c(C)c1. The van der Waals surface area contributed by atoms with Crippen molar-refractivity contribution in [1.82, 2.24) is 0 Å². The number of aromatic hydroxyl groups is 3. The second kappa shape index (κ2) is 6.73. The zero-order valence-electron chi connectivity index (χ0n) is 14.2. The minimum atomic E-state index is 0.215. The first kappa shape index (κ1) is 16.7. The van der Waals surface area contributed by atoms with Gasteiger partial charge >= 0.3 is 0 Å². The highest BCUT2D eigenvalue weighted by Gasteiger charge is 2.12. The van der Waals surface area contributed by atoms with E-state index in [1.54, 1.807) is 30.3 Å². The molecule has 0 heterocycles. The van der Waals surface area contributed by atoms with E-state index in [-0.39, 0.29) is 17.2 Å². The van der Waals surface area contributed by atoms with Crippen molar-refractivity contribution >= 4 is 11.1 Å². The maximum atomic E-state index is 9.79. The summed E-state index contributed by atoms with van der Waals surface area (Å²) in [7, 11) is 0. The summed E-state index contributed by atoms with van der Waals surface area (Å²) in [6, 6.07) is 19.6. The first-order valence-electron chi connectivity index (χ1n) is 8.05. The summed E-state index contributed by atoms with van der Waals surface area (Å²) >= 11 is 0. The quantitative estimate of drug-likeness (QED) is 0.585. The lowest BCUT2D eigenvalue weighted by Gasteiger charge is -2.15. The van der Waals surface area contributed by atoms with Gasteiger partial charge < -0.3 is 15.3 Å². The fourth-order valence-electron chi connectivity index (χ4n) is 2.89. The molecule has 25 heavy (non-hydrogen) atoms. The second-order valence-electron chi connectivity index (χ2n) is 6.10. The fraction of sp³-hybridized carbons (Fsp3) is 0.0909. The Bertz CT molecular complexity index is 873. The van der Waals surface area contributed by atoms with Crippen LogP contribution >= 0.6 is 0 Å². The van der Waals surface area contributed by atoms with Crippen molar-refractivity contribution in [3.05, 3.63) is 89.0 Å². The molecular formula is C22H20O3. The van der Waals surface area contributed by atoms with E-state index >= 15 is 0 Å². The molecular weight excluding hydrogens is 312 g/mol. The van der Waals surface area contributed by atoms with Crippen LogP contribution in [0, 0.1) is 6.92 Å². The van der Waals surface area contributed by atoms with Gasteiger partial charge in [0.1, 0.15) is 17.2 Å². The predicted molar refractivity (Wildman–Crippen MR) is 101 cm³/mol. The molecule has 0 amide bonds. The maximum Gasteiger partial charge on any atom is 0.118 e. The molecule has 3 heteroatoms. The van der Waals surface area contributed by atoms with E-state index in [9.17, 15) is 15.3 Å². The first-order chi connectivity index (χ1) is 12.0. The Morgan fingerprint density at radius 2 is 1.08 bits per heavy atom. The molecule has 0 fully saturated rings. The molecule has 3 N–H and O–H groups in total. The second-order valence-corrected chi connectivity index (χ2v) is 6.10. The van der Waals surface area contributed by atoms with Crippen LogP contribution in [0.15, 0.2) is 66.7 Å². The molecule has 3 aromatic carbocycles. The number of hydrogen-bond acceptors (Lipinski definition) is 3. The number of allylic oxidation sites excluding steroid dienone is 1. The van der Waals surface area contributed by atoms with Crippen molar-refractivity contribution in [2.75, 3.05) is 0 Å². The van der Waals surface area contributed by atoms with Crippen LogP contribution in [-0.2, 0) is 0 Å². The van der Waals surface area contributed by atoms with Crippen LogP contribution in [0.25, 0.3) is 11.1 Å². The number of benzene rings is 3. The van der Waals surface area contributed by atoms with Crippen molar-refractivity contribution in [1.29, 1.82) is 0 Å². The van der Waals surface area contributed by atoms with Gasteiger partial charge in [-0.25, -0.2) is 0 Å². The Hall–Kier alpha value is -3.20. The van der Waals surface area contributed by atoms with Crippen LogP contribution in [0.1, 0.15) is 29.2 Å². The van der Waals surface area contributed by atoms with Crippen molar-refractivity contribution < 1.29 is 15.3 Å². The van der Waals surface area contributed by atoms with Crippen LogP contribution in [-0.4, -0.2) is 15.3 Å². The van der Waals surface area contributed by atoms with Gasteiger partial charge in [-0.3, -0.25) is 0 Å². The third-order valence-electron chi connectivity index (χ3n) is 4.32. The summed E-state index contributed by atoms with van der Waals surface area (Å²) in [5.74, 6) is 0.700. The van der Waals surface area contributed by atoms with Crippen LogP contribution < -0.4 is 0 Å². The first-order valence-corrected chi connectivity index (χ1v) is 8.05. The van der Waals surface area contributed by atoms with Crippen LogP contribution in [0.5, 0.6) is 17.2 Å². The standard InChI is InChI=1S/C22H20O3/c1-14-13-18(7-12-21(14)25)15(2)22(16-3-8-19(23)9-4-16)17-5-10-20(24)11-6-17/h3-13,23-25H,1-2H3. The molecule has 3 rings (SSSR count). The van der Waals surface area contributed by atoms with Gasteiger partial charge in [0.05, 0.1) is 0 Å². The molecule has 3 aromatic rings. The molecule has 126 valence electrons. The van der Waals surface area contributed by atoms with Gasteiger partial charge in [0.2, 0.25) is 0 Å². The summed E-state index contributed by atoms with van der Waals surface area (Å²) in [6.45, 7) is 3.90. The molecule has 0 unspecified atom stereocenters. The van der Waals surface area contributed by atoms with Crippen molar-refractivity contribution in [2.45, 2.75) is 13.8 Å². The molecule has 0 bridgehead atoms. The van der Waals surface area contributed by atoms with Gasteiger partial charge in [0.15, 0.2) is 0 Å². The van der Waals surface area contributed by atoms with E-state index in [0.29, 0.717) is 0 Å².